The first-order valence-corrected chi connectivity index (χ1v) is 4.82. The van der Waals surface area contributed by atoms with Crippen molar-refractivity contribution in [2.75, 3.05) is 0 Å². The molecule has 1 aromatic rings. The van der Waals surface area contributed by atoms with Gasteiger partial charge in [-0.2, -0.15) is 0 Å². The van der Waals surface area contributed by atoms with E-state index in [0.717, 1.165) is 0 Å². The van der Waals surface area contributed by atoms with Crippen LogP contribution in [0.25, 0.3) is 0 Å². The highest BCUT2D eigenvalue weighted by Gasteiger charge is 2.17. The first-order chi connectivity index (χ1) is 7.41. The predicted molar refractivity (Wildman–Crippen MR) is 56.4 cm³/mol. The maximum absolute atomic E-state index is 10.6. The lowest BCUT2D eigenvalue weighted by Gasteiger charge is -2.05. The van der Waals surface area contributed by atoms with Crippen molar-refractivity contribution in [3.05, 3.63) is 33.1 Å². The first-order valence-electron chi connectivity index (χ1n) is 4.44. The maximum atomic E-state index is 10.6. The van der Waals surface area contributed by atoms with Crippen LogP contribution < -0.4 is 0 Å². The van der Waals surface area contributed by atoms with Crippen molar-refractivity contribution < 1.29 is 14.8 Å². The van der Waals surface area contributed by atoms with Gasteiger partial charge in [0.05, 0.1) is 10.8 Å². The van der Waals surface area contributed by atoms with E-state index in [4.69, 9.17) is 16.7 Å². The van der Waals surface area contributed by atoms with Crippen LogP contribution in [0.2, 0.25) is 5.15 Å². The van der Waals surface area contributed by atoms with Gasteiger partial charge < -0.3 is 5.11 Å². The van der Waals surface area contributed by atoms with E-state index in [-0.39, 0.29) is 17.3 Å². The molecule has 0 saturated carbocycles. The van der Waals surface area contributed by atoms with Crippen LogP contribution in [-0.4, -0.2) is 21.0 Å². The van der Waals surface area contributed by atoms with Gasteiger partial charge in [0.1, 0.15) is 0 Å². The maximum Gasteiger partial charge on any atom is 0.306 e. The lowest BCUT2D eigenvalue weighted by molar-refractivity contribution is -0.385. The Bertz CT molecular complexity index is 436. The number of halogens is 1. The van der Waals surface area contributed by atoms with Crippen LogP contribution in [0.3, 0.4) is 0 Å². The number of aromatic nitrogens is 1. The molecule has 1 rings (SSSR count). The van der Waals surface area contributed by atoms with E-state index in [2.05, 4.69) is 4.98 Å². The normalized spacial score (nSPS) is 12.1. The van der Waals surface area contributed by atoms with Gasteiger partial charge in [-0.3, -0.25) is 14.9 Å². The number of rotatable bonds is 4. The van der Waals surface area contributed by atoms with Gasteiger partial charge in [-0.1, -0.05) is 18.5 Å². The highest BCUT2D eigenvalue weighted by molar-refractivity contribution is 6.31. The SMILES string of the molecule is CC(Cc1ccc([N+](=O)[O-])c(Cl)n1)C(=O)O. The molecule has 0 aliphatic rings. The third-order valence-corrected chi connectivity index (χ3v) is 2.30. The molecule has 86 valence electrons. The molecule has 0 radical (unpaired) electrons. The molecule has 0 aromatic carbocycles. The third kappa shape index (κ3) is 2.90. The monoisotopic (exact) mass is 244 g/mol. The van der Waals surface area contributed by atoms with Gasteiger partial charge in [0.25, 0.3) is 0 Å². The van der Waals surface area contributed by atoms with Crippen molar-refractivity contribution in [1.29, 1.82) is 0 Å². The predicted octanol–water partition coefficient (Wildman–Crippen LogP) is 1.91. The molecule has 1 atom stereocenters. The van der Waals surface area contributed by atoms with Gasteiger partial charge >= 0.3 is 11.7 Å². The van der Waals surface area contributed by atoms with Crippen molar-refractivity contribution >= 4 is 23.3 Å². The summed E-state index contributed by atoms with van der Waals surface area (Å²) >= 11 is 5.59. The summed E-state index contributed by atoms with van der Waals surface area (Å²) < 4.78 is 0. The molecular weight excluding hydrogens is 236 g/mol. The van der Waals surface area contributed by atoms with E-state index in [0.29, 0.717) is 5.69 Å². The summed E-state index contributed by atoms with van der Waals surface area (Å²) in [5.41, 5.74) is 0.138. The number of carboxylic acids is 1. The van der Waals surface area contributed by atoms with E-state index in [9.17, 15) is 14.9 Å². The van der Waals surface area contributed by atoms with E-state index in [1.165, 1.54) is 19.1 Å². The fraction of sp³-hybridized carbons (Fsp3) is 0.333. The minimum atomic E-state index is -0.948. The zero-order valence-electron chi connectivity index (χ0n) is 8.38. The second-order valence-electron chi connectivity index (χ2n) is 3.31. The number of aliphatic carboxylic acids is 1. The molecule has 0 saturated heterocycles. The van der Waals surface area contributed by atoms with E-state index in [1.807, 2.05) is 0 Å². The number of hydrogen-bond acceptors (Lipinski definition) is 4. The molecule has 0 aliphatic heterocycles. The Morgan fingerprint density at radius 1 is 1.69 bits per heavy atom. The molecule has 7 heteroatoms. The van der Waals surface area contributed by atoms with Gasteiger partial charge in [-0.15, -0.1) is 0 Å². The van der Waals surface area contributed by atoms with Gasteiger partial charge in [0.15, 0.2) is 0 Å². The second kappa shape index (κ2) is 4.89. The molecule has 0 fully saturated rings. The highest BCUT2D eigenvalue weighted by Crippen LogP contribution is 2.22. The van der Waals surface area contributed by atoms with Crippen molar-refractivity contribution in [1.82, 2.24) is 4.98 Å². The van der Waals surface area contributed by atoms with Crippen molar-refractivity contribution in [3.8, 4) is 0 Å². The van der Waals surface area contributed by atoms with E-state index >= 15 is 0 Å². The summed E-state index contributed by atoms with van der Waals surface area (Å²) in [6.07, 6.45) is 0.188. The molecule has 0 amide bonds. The Labute approximate surface area is 96.0 Å². The van der Waals surface area contributed by atoms with Gasteiger partial charge in [0.2, 0.25) is 5.15 Å². The lowest BCUT2D eigenvalue weighted by Crippen LogP contribution is -2.13. The van der Waals surface area contributed by atoms with Crippen LogP contribution in [0.1, 0.15) is 12.6 Å². The molecule has 1 N–H and O–H groups in total. The summed E-state index contributed by atoms with van der Waals surface area (Å²) in [6, 6.07) is 2.63. The van der Waals surface area contributed by atoms with E-state index < -0.39 is 16.8 Å². The lowest BCUT2D eigenvalue weighted by atomic mass is 10.1. The summed E-state index contributed by atoms with van der Waals surface area (Å²) in [4.78, 5) is 24.2. The topological polar surface area (TPSA) is 93.3 Å². The van der Waals surface area contributed by atoms with Crippen LogP contribution in [0.4, 0.5) is 5.69 Å². The summed E-state index contributed by atoms with van der Waals surface area (Å²) in [6.45, 7) is 1.53. The van der Waals surface area contributed by atoms with Crippen molar-refractivity contribution in [3.63, 3.8) is 0 Å². The number of carbonyl (C=O) groups is 1. The minimum Gasteiger partial charge on any atom is -0.481 e. The summed E-state index contributed by atoms with van der Waals surface area (Å²) in [5, 5.41) is 18.9. The molecule has 0 aliphatic carbocycles. The molecule has 0 bridgehead atoms. The Balaban J connectivity index is 2.89. The van der Waals surface area contributed by atoms with Gasteiger partial charge in [0, 0.05) is 18.2 Å². The number of carboxylic acid groups (broad SMARTS) is 1. The Hall–Kier alpha value is -1.69. The van der Waals surface area contributed by atoms with Gasteiger partial charge in [-0.25, -0.2) is 4.98 Å². The molecule has 1 heterocycles. The fourth-order valence-corrected chi connectivity index (χ4v) is 1.36. The largest absolute Gasteiger partial charge is 0.481 e. The number of pyridine rings is 1. The molecule has 16 heavy (non-hydrogen) atoms. The van der Waals surface area contributed by atoms with Crippen LogP contribution in [-0.2, 0) is 11.2 Å². The van der Waals surface area contributed by atoms with Crippen LogP contribution in [0.15, 0.2) is 12.1 Å². The molecular formula is C9H9ClN2O4. The summed E-state index contributed by atoms with van der Waals surface area (Å²) in [5.74, 6) is -1.55. The Kier molecular flexibility index (Phi) is 3.78. The van der Waals surface area contributed by atoms with E-state index in [1.54, 1.807) is 0 Å². The zero-order chi connectivity index (χ0) is 12.3. The smallest absolute Gasteiger partial charge is 0.306 e. The second-order valence-corrected chi connectivity index (χ2v) is 3.67. The quantitative estimate of drug-likeness (QED) is 0.496. The molecule has 1 unspecified atom stereocenters. The van der Waals surface area contributed by atoms with Crippen molar-refractivity contribution in [2.45, 2.75) is 13.3 Å². The zero-order valence-corrected chi connectivity index (χ0v) is 9.14. The van der Waals surface area contributed by atoms with Crippen LogP contribution in [0.5, 0.6) is 0 Å². The summed E-state index contributed by atoms with van der Waals surface area (Å²) in [7, 11) is 0. The average Bonchev–Trinajstić information content (AvgIpc) is 2.16. The fourth-order valence-electron chi connectivity index (χ4n) is 1.12. The third-order valence-electron chi connectivity index (χ3n) is 2.02. The molecule has 1 aromatic heterocycles. The number of hydrogen-bond donors (Lipinski definition) is 1. The van der Waals surface area contributed by atoms with Crippen LogP contribution in [0, 0.1) is 16.0 Å². The molecule has 6 nitrogen and oxygen atoms in total. The standard InChI is InChI=1S/C9H9ClN2O4/c1-5(9(13)14)4-6-2-3-7(12(15)16)8(10)11-6/h2-3,5H,4H2,1H3,(H,13,14). The number of nitrogens with zero attached hydrogens (tertiary/aromatic N) is 2. The minimum absolute atomic E-state index is 0.188. The van der Waals surface area contributed by atoms with Gasteiger partial charge in [-0.05, 0) is 6.07 Å². The average molecular weight is 245 g/mol. The highest BCUT2D eigenvalue weighted by atomic mass is 35.5. The Morgan fingerprint density at radius 2 is 2.31 bits per heavy atom. The number of nitro groups is 1. The van der Waals surface area contributed by atoms with Crippen LogP contribution >= 0.6 is 11.6 Å². The Morgan fingerprint density at radius 3 is 2.75 bits per heavy atom. The molecule has 0 spiro atoms. The van der Waals surface area contributed by atoms with Crippen molar-refractivity contribution in [2.24, 2.45) is 5.92 Å². The first kappa shape index (κ1) is 12.4.